The number of aromatic nitrogens is 2. The molecular weight excluding hydrogens is 677 g/mol. The summed E-state index contributed by atoms with van der Waals surface area (Å²) in [6.07, 6.45) is 2.38. The highest BCUT2D eigenvalue weighted by Crippen LogP contribution is 2.50. The monoisotopic (exact) mass is 718 g/mol. The average molecular weight is 719 g/mol. The molecule has 0 bridgehead atoms. The molecule has 0 unspecified atom stereocenters. The Morgan fingerprint density at radius 2 is 0.839 bits per heavy atom. The Labute approximate surface area is 326 Å². The minimum atomic E-state index is 0.107. The molecule has 0 N–H and O–H groups in total. The topological polar surface area (TPSA) is 9.86 Å². The smallest absolute Gasteiger partial charge is 0.0549 e. The molecule has 268 valence electrons. The summed E-state index contributed by atoms with van der Waals surface area (Å²) < 4.78 is 5.07. The molecule has 0 atom stereocenters. The highest BCUT2D eigenvalue weighted by atomic mass is 15.0. The summed E-state index contributed by atoms with van der Waals surface area (Å²) in [5.41, 5.74) is 10.6. The van der Waals surface area contributed by atoms with Crippen molar-refractivity contribution in [3.63, 3.8) is 0 Å². The van der Waals surface area contributed by atoms with Crippen LogP contribution in [0, 0.1) is 0 Å². The van der Waals surface area contributed by atoms with Crippen molar-refractivity contribution in [1.29, 1.82) is 0 Å². The fraction of sp³-hybridized carbons (Fsp3) is 0.148. The number of hydrogen-bond acceptors (Lipinski definition) is 0. The van der Waals surface area contributed by atoms with Crippen LogP contribution in [0.4, 0.5) is 0 Å². The van der Waals surface area contributed by atoms with Gasteiger partial charge >= 0.3 is 0 Å². The van der Waals surface area contributed by atoms with E-state index in [0.29, 0.717) is 0 Å². The van der Waals surface area contributed by atoms with Crippen LogP contribution in [0.1, 0.15) is 51.7 Å². The normalized spacial score (nSPS) is 15.3. The standard InChI is InChI=1S/C54H42N2/c1-53(2)26-27-54(3,4)47-32-51-43(29-46(47)53)44-30-50-45(31-49(44)55(51)34-15-6-5-7-16-34)52-36-17-9-8-14-33(36)22-25-48(52)56(50)35-23-24-41-39-20-11-10-18-37(39)38-19-12-13-21-40(38)42(41)28-35/h5-25,28-32H,26-27H2,1-4H3. The zero-order valence-corrected chi connectivity index (χ0v) is 32.3. The molecular formula is C54H42N2. The highest BCUT2D eigenvalue weighted by Gasteiger charge is 2.38. The zero-order chi connectivity index (χ0) is 37.5. The van der Waals surface area contributed by atoms with Gasteiger partial charge in [-0.05, 0) is 132 Å². The molecule has 12 rings (SSSR count). The Morgan fingerprint density at radius 1 is 0.339 bits per heavy atom. The van der Waals surface area contributed by atoms with E-state index in [9.17, 15) is 0 Å². The third-order valence-electron chi connectivity index (χ3n) is 13.5. The molecule has 2 heteroatoms. The summed E-state index contributed by atoms with van der Waals surface area (Å²) in [7, 11) is 0. The number of benzene rings is 9. The van der Waals surface area contributed by atoms with Crippen LogP contribution < -0.4 is 0 Å². The van der Waals surface area contributed by atoms with Gasteiger partial charge in [0.2, 0.25) is 0 Å². The van der Waals surface area contributed by atoms with E-state index in [4.69, 9.17) is 0 Å². The van der Waals surface area contributed by atoms with Crippen molar-refractivity contribution in [3.05, 3.63) is 169 Å². The molecule has 0 saturated heterocycles. The van der Waals surface area contributed by atoms with Gasteiger partial charge in [-0.25, -0.2) is 0 Å². The van der Waals surface area contributed by atoms with E-state index >= 15 is 0 Å². The molecule has 0 radical (unpaired) electrons. The molecule has 1 aliphatic carbocycles. The van der Waals surface area contributed by atoms with Crippen molar-refractivity contribution in [2.24, 2.45) is 0 Å². The summed E-state index contributed by atoms with van der Waals surface area (Å²) in [5, 5.41) is 15.5. The van der Waals surface area contributed by atoms with Gasteiger partial charge in [-0.15, -0.1) is 0 Å². The van der Waals surface area contributed by atoms with Crippen LogP contribution in [0.3, 0.4) is 0 Å². The van der Waals surface area contributed by atoms with E-state index in [2.05, 4.69) is 195 Å². The van der Waals surface area contributed by atoms with Crippen LogP contribution in [0.5, 0.6) is 0 Å². The molecule has 56 heavy (non-hydrogen) atoms. The largest absolute Gasteiger partial charge is 0.309 e. The van der Waals surface area contributed by atoms with Crippen LogP contribution in [0.15, 0.2) is 158 Å². The molecule has 2 aromatic heterocycles. The van der Waals surface area contributed by atoms with Crippen LogP contribution in [0.25, 0.3) is 98.1 Å². The third-order valence-corrected chi connectivity index (χ3v) is 13.5. The molecule has 9 aromatic carbocycles. The van der Waals surface area contributed by atoms with E-state index in [-0.39, 0.29) is 10.8 Å². The summed E-state index contributed by atoms with van der Waals surface area (Å²) >= 11 is 0. The van der Waals surface area contributed by atoms with Crippen molar-refractivity contribution in [2.75, 3.05) is 0 Å². The van der Waals surface area contributed by atoms with Crippen molar-refractivity contribution >= 4 is 86.7 Å². The van der Waals surface area contributed by atoms with Crippen LogP contribution in [-0.2, 0) is 10.8 Å². The predicted molar refractivity (Wildman–Crippen MR) is 240 cm³/mol. The molecule has 2 nitrogen and oxygen atoms in total. The molecule has 0 amide bonds. The quantitative estimate of drug-likeness (QED) is 0.158. The second kappa shape index (κ2) is 11.1. The summed E-state index contributed by atoms with van der Waals surface area (Å²) in [5.74, 6) is 0. The number of rotatable bonds is 2. The second-order valence-electron chi connectivity index (χ2n) is 17.6. The van der Waals surface area contributed by atoms with Gasteiger partial charge in [-0.1, -0.05) is 131 Å². The van der Waals surface area contributed by atoms with E-state index in [1.54, 1.807) is 0 Å². The Kier molecular flexibility index (Phi) is 6.33. The lowest BCUT2D eigenvalue weighted by Crippen LogP contribution is -2.33. The van der Waals surface area contributed by atoms with E-state index in [1.807, 2.05) is 0 Å². The van der Waals surface area contributed by atoms with Crippen LogP contribution >= 0.6 is 0 Å². The number of fused-ring (bicyclic) bond motifs is 15. The van der Waals surface area contributed by atoms with Gasteiger partial charge in [-0.3, -0.25) is 0 Å². The average Bonchev–Trinajstić information content (AvgIpc) is 3.73. The zero-order valence-electron chi connectivity index (χ0n) is 32.3. The molecule has 0 saturated carbocycles. The summed E-state index contributed by atoms with van der Waals surface area (Å²) in [4.78, 5) is 0. The second-order valence-corrected chi connectivity index (χ2v) is 17.6. The molecule has 1 aliphatic rings. The predicted octanol–water partition coefficient (Wildman–Crippen LogP) is 14.8. The van der Waals surface area contributed by atoms with Gasteiger partial charge in [0.25, 0.3) is 0 Å². The number of para-hydroxylation sites is 1. The molecule has 0 spiro atoms. The maximum atomic E-state index is 2.56. The first-order valence-electron chi connectivity index (χ1n) is 20.1. The molecule has 0 aliphatic heterocycles. The minimum Gasteiger partial charge on any atom is -0.309 e. The first-order valence-corrected chi connectivity index (χ1v) is 20.1. The van der Waals surface area contributed by atoms with E-state index in [1.165, 1.54) is 122 Å². The van der Waals surface area contributed by atoms with Crippen molar-refractivity contribution < 1.29 is 0 Å². The van der Waals surface area contributed by atoms with Crippen LogP contribution in [0.2, 0.25) is 0 Å². The fourth-order valence-electron chi connectivity index (χ4n) is 10.5. The maximum Gasteiger partial charge on any atom is 0.0549 e. The molecule has 11 aromatic rings. The van der Waals surface area contributed by atoms with Crippen LogP contribution in [-0.4, -0.2) is 9.13 Å². The first kappa shape index (κ1) is 31.9. The van der Waals surface area contributed by atoms with Gasteiger partial charge in [0, 0.05) is 32.9 Å². The molecule has 2 heterocycles. The Bertz CT molecular complexity index is 3430. The third kappa shape index (κ3) is 4.27. The Hall–Kier alpha value is -6.38. The van der Waals surface area contributed by atoms with Crippen molar-refractivity contribution in [3.8, 4) is 11.4 Å². The van der Waals surface area contributed by atoms with Crippen molar-refractivity contribution in [2.45, 2.75) is 51.4 Å². The summed E-state index contributed by atoms with van der Waals surface area (Å²) in [6.45, 7) is 9.76. The Morgan fingerprint density at radius 3 is 1.54 bits per heavy atom. The first-order chi connectivity index (χ1) is 27.3. The van der Waals surface area contributed by atoms with Gasteiger partial charge in [0.15, 0.2) is 0 Å². The fourth-order valence-corrected chi connectivity index (χ4v) is 10.5. The van der Waals surface area contributed by atoms with Gasteiger partial charge in [-0.2, -0.15) is 0 Å². The lowest BCUT2D eigenvalue weighted by atomic mass is 9.63. The minimum absolute atomic E-state index is 0.107. The van der Waals surface area contributed by atoms with Gasteiger partial charge in [0.05, 0.1) is 22.1 Å². The number of hydrogen-bond donors (Lipinski definition) is 0. The van der Waals surface area contributed by atoms with E-state index < -0.39 is 0 Å². The van der Waals surface area contributed by atoms with E-state index in [0.717, 1.165) is 0 Å². The maximum absolute atomic E-state index is 2.56. The number of nitrogens with zero attached hydrogens (tertiary/aromatic N) is 2. The SMILES string of the molecule is CC1(C)CCC(C)(C)c2cc3c(cc21)c1cc2c(cc1n3-c1ccccc1)c1c3ccccc3ccc1n2-c1ccc2c3ccccc3c3ccccc3c2c1. The lowest BCUT2D eigenvalue weighted by Gasteiger charge is -2.42. The highest BCUT2D eigenvalue weighted by molar-refractivity contribution is 6.27. The Balaban J connectivity index is 1.26. The lowest BCUT2D eigenvalue weighted by molar-refractivity contribution is 0.332. The summed E-state index contributed by atoms with van der Waals surface area (Å²) in [6, 6.07) is 59.6. The van der Waals surface area contributed by atoms with Crippen molar-refractivity contribution in [1.82, 2.24) is 9.13 Å². The van der Waals surface area contributed by atoms with Gasteiger partial charge < -0.3 is 9.13 Å². The van der Waals surface area contributed by atoms with Gasteiger partial charge in [0.1, 0.15) is 0 Å². The molecule has 0 fully saturated rings.